The van der Waals surface area contributed by atoms with Gasteiger partial charge in [-0.25, -0.2) is 9.97 Å². The van der Waals surface area contributed by atoms with Crippen molar-refractivity contribution in [2.75, 3.05) is 7.11 Å². The van der Waals surface area contributed by atoms with E-state index < -0.39 is 5.91 Å². The van der Waals surface area contributed by atoms with Crippen LogP contribution in [-0.4, -0.2) is 28.0 Å². The first-order valence-electron chi connectivity index (χ1n) is 7.56. The number of fused-ring (bicyclic) bond motifs is 1. The van der Waals surface area contributed by atoms with Crippen LogP contribution in [0.25, 0.3) is 34.1 Å². The summed E-state index contributed by atoms with van der Waals surface area (Å²) < 4.78 is 10.9. The molecule has 0 bridgehead atoms. The van der Waals surface area contributed by atoms with Crippen LogP contribution >= 0.6 is 0 Å². The minimum Gasteiger partial charge on any atom is -0.497 e. The standard InChI is InChI=1S/C18H14N4O3/c1-24-11-8-6-10(7-9-11)15-14(16(19)23)22-18(25-15)17-20-12-4-2-3-5-13(12)21-17/h2-9H,1H3,(H2,19,23)(H,20,21). The van der Waals surface area contributed by atoms with Gasteiger partial charge in [-0.15, -0.1) is 0 Å². The third-order valence-electron chi connectivity index (χ3n) is 3.80. The van der Waals surface area contributed by atoms with E-state index in [0.29, 0.717) is 22.9 Å². The first kappa shape index (κ1) is 14.9. The predicted octanol–water partition coefficient (Wildman–Crippen LogP) is 2.99. The average molecular weight is 334 g/mol. The Balaban J connectivity index is 1.83. The Kier molecular flexibility index (Phi) is 3.46. The highest BCUT2D eigenvalue weighted by Gasteiger charge is 2.22. The van der Waals surface area contributed by atoms with Gasteiger partial charge in [-0.05, 0) is 36.4 Å². The van der Waals surface area contributed by atoms with Gasteiger partial charge in [-0.2, -0.15) is 0 Å². The maximum atomic E-state index is 11.8. The minimum atomic E-state index is -0.670. The fourth-order valence-electron chi connectivity index (χ4n) is 2.58. The van der Waals surface area contributed by atoms with Crippen molar-refractivity contribution in [3.8, 4) is 28.8 Å². The number of hydrogen-bond acceptors (Lipinski definition) is 5. The summed E-state index contributed by atoms with van der Waals surface area (Å²) in [5.41, 5.74) is 7.81. The molecule has 3 N–H and O–H groups in total. The lowest BCUT2D eigenvalue weighted by atomic mass is 10.1. The number of rotatable bonds is 4. The van der Waals surface area contributed by atoms with E-state index in [2.05, 4.69) is 15.0 Å². The maximum Gasteiger partial charge on any atom is 0.271 e. The number of imidazole rings is 1. The monoisotopic (exact) mass is 334 g/mol. The van der Waals surface area contributed by atoms with Crippen molar-refractivity contribution in [2.24, 2.45) is 5.73 Å². The van der Waals surface area contributed by atoms with Crippen molar-refractivity contribution in [2.45, 2.75) is 0 Å². The van der Waals surface area contributed by atoms with E-state index >= 15 is 0 Å². The quantitative estimate of drug-likeness (QED) is 0.596. The highest BCUT2D eigenvalue weighted by Crippen LogP contribution is 2.30. The summed E-state index contributed by atoms with van der Waals surface area (Å²) in [5.74, 6) is 0.961. The van der Waals surface area contributed by atoms with Gasteiger partial charge >= 0.3 is 0 Å². The zero-order valence-corrected chi connectivity index (χ0v) is 13.3. The molecule has 0 aliphatic rings. The molecule has 0 radical (unpaired) electrons. The number of para-hydroxylation sites is 2. The van der Waals surface area contributed by atoms with Gasteiger partial charge in [0.1, 0.15) is 5.75 Å². The molecule has 2 aromatic heterocycles. The first-order chi connectivity index (χ1) is 12.2. The van der Waals surface area contributed by atoms with E-state index in [-0.39, 0.29) is 11.6 Å². The number of amides is 1. The third-order valence-corrected chi connectivity index (χ3v) is 3.80. The van der Waals surface area contributed by atoms with E-state index in [9.17, 15) is 4.79 Å². The Morgan fingerprint density at radius 1 is 1.12 bits per heavy atom. The van der Waals surface area contributed by atoms with Crippen LogP contribution in [0.1, 0.15) is 10.5 Å². The summed E-state index contributed by atoms with van der Waals surface area (Å²) in [6.07, 6.45) is 0. The second-order valence-corrected chi connectivity index (χ2v) is 5.39. The molecular formula is C18H14N4O3. The molecule has 0 fully saturated rings. The molecular weight excluding hydrogens is 320 g/mol. The van der Waals surface area contributed by atoms with Crippen LogP contribution in [0, 0.1) is 0 Å². The summed E-state index contributed by atoms with van der Waals surface area (Å²) in [6.45, 7) is 0. The van der Waals surface area contributed by atoms with E-state index in [4.69, 9.17) is 14.9 Å². The molecule has 0 atom stereocenters. The Labute approximate surface area is 142 Å². The normalized spacial score (nSPS) is 10.9. The Morgan fingerprint density at radius 3 is 2.56 bits per heavy atom. The van der Waals surface area contributed by atoms with Crippen molar-refractivity contribution >= 4 is 16.9 Å². The second kappa shape index (κ2) is 5.79. The first-order valence-corrected chi connectivity index (χ1v) is 7.56. The molecule has 4 rings (SSSR count). The Bertz CT molecular complexity index is 1030. The lowest BCUT2D eigenvalue weighted by Crippen LogP contribution is -2.12. The largest absolute Gasteiger partial charge is 0.497 e. The molecule has 0 spiro atoms. The zero-order valence-electron chi connectivity index (χ0n) is 13.3. The summed E-state index contributed by atoms with van der Waals surface area (Å²) in [7, 11) is 1.58. The number of nitrogens with two attached hydrogens (primary N) is 1. The highest BCUT2D eigenvalue weighted by molar-refractivity contribution is 5.97. The lowest BCUT2D eigenvalue weighted by Gasteiger charge is -2.01. The molecule has 1 amide bonds. The summed E-state index contributed by atoms with van der Waals surface area (Å²) in [4.78, 5) is 23.6. The molecule has 0 saturated carbocycles. The van der Waals surface area contributed by atoms with Gasteiger partial charge in [0.25, 0.3) is 11.8 Å². The third kappa shape index (κ3) is 2.61. The van der Waals surface area contributed by atoms with Crippen LogP contribution < -0.4 is 10.5 Å². The number of oxazole rings is 1. The van der Waals surface area contributed by atoms with E-state index in [1.807, 2.05) is 24.3 Å². The fraction of sp³-hybridized carbons (Fsp3) is 0.0556. The molecule has 7 nitrogen and oxygen atoms in total. The second-order valence-electron chi connectivity index (χ2n) is 5.39. The van der Waals surface area contributed by atoms with Crippen molar-refractivity contribution < 1.29 is 13.9 Å². The molecule has 124 valence electrons. The predicted molar refractivity (Wildman–Crippen MR) is 92.1 cm³/mol. The molecule has 7 heteroatoms. The molecule has 25 heavy (non-hydrogen) atoms. The number of carbonyl (C=O) groups excluding carboxylic acids is 1. The number of primary amides is 1. The van der Waals surface area contributed by atoms with E-state index in [0.717, 1.165) is 11.0 Å². The SMILES string of the molecule is COc1ccc(-c2oc(-c3nc4ccccc4[nH]3)nc2C(N)=O)cc1. The minimum absolute atomic E-state index is 0.0561. The van der Waals surface area contributed by atoms with Gasteiger partial charge in [0.15, 0.2) is 17.3 Å². The van der Waals surface area contributed by atoms with Crippen LogP contribution in [0.5, 0.6) is 5.75 Å². The smallest absolute Gasteiger partial charge is 0.271 e. The van der Waals surface area contributed by atoms with Gasteiger partial charge in [0, 0.05) is 5.56 Å². The number of aromatic amines is 1. The number of hydrogen-bond donors (Lipinski definition) is 2. The van der Waals surface area contributed by atoms with Crippen LogP contribution in [0.4, 0.5) is 0 Å². The van der Waals surface area contributed by atoms with Crippen molar-refractivity contribution in [3.63, 3.8) is 0 Å². The number of nitrogens with one attached hydrogen (secondary N) is 1. The van der Waals surface area contributed by atoms with Crippen molar-refractivity contribution in [1.82, 2.24) is 15.0 Å². The topological polar surface area (TPSA) is 107 Å². The highest BCUT2D eigenvalue weighted by atomic mass is 16.5. The Hall–Kier alpha value is -3.61. The van der Waals surface area contributed by atoms with E-state index in [1.165, 1.54) is 0 Å². The lowest BCUT2D eigenvalue weighted by molar-refractivity contribution is 0.0996. The van der Waals surface area contributed by atoms with E-state index in [1.54, 1.807) is 31.4 Å². The van der Waals surface area contributed by atoms with Gasteiger partial charge in [-0.1, -0.05) is 12.1 Å². The summed E-state index contributed by atoms with van der Waals surface area (Å²) >= 11 is 0. The zero-order chi connectivity index (χ0) is 17.4. The number of ether oxygens (including phenoxy) is 1. The van der Waals surface area contributed by atoms with Crippen LogP contribution in [0.15, 0.2) is 52.9 Å². The summed E-state index contributed by atoms with van der Waals surface area (Å²) in [5, 5.41) is 0. The van der Waals surface area contributed by atoms with Crippen molar-refractivity contribution in [3.05, 3.63) is 54.2 Å². The maximum absolute atomic E-state index is 11.8. The fourth-order valence-corrected chi connectivity index (χ4v) is 2.58. The van der Waals surface area contributed by atoms with Gasteiger partial charge in [0.05, 0.1) is 18.1 Å². The number of aromatic nitrogens is 3. The van der Waals surface area contributed by atoms with Crippen LogP contribution in [0.2, 0.25) is 0 Å². The number of benzene rings is 2. The van der Waals surface area contributed by atoms with Crippen LogP contribution in [0.3, 0.4) is 0 Å². The van der Waals surface area contributed by atoms with Gasteiger partial charge in [-0.3, -0.25) is 4.79 Å². The summed E-state index contributed by atoms with van der Waals surface area (Å²) in [6, 6.07) is 14.6. The number of nitrogens with zero attached hydrogens (tertiary/aromatic N) is 2. The number of H-pyrrole nitrogens is 1. The molecule has 2 heterocycles. The molecule has 2 aromatic carbocycles. The van der Waals surface area contributed by atoms with Crippen LogP contribution in [-0.2, 0) is 0 Å². The molecule has 0 unspecified atom stereocenters. The molecule has 0 aliphatic heterocycles. The molecule has 4 aromatic rings. The van der Waals surface area contributed by atoms with Gasteiger partial charge < -0.3 is 19.9 Å². The average Bonchev–Trinajstić information content (AvgIpc) is 3.26. The van der Waals surface area contributed by atoms with Gasteiger partial charge in [0.2, 0.25) is 0 Å². The molecule has 0 saturated heterocycles. The van der Waals surface area contributed by atoms with Crippen molar-refractivity contribution in [1.29, 1.82) is 0 Å². The number of carbonyl (C=O) groups is 1. The Morgan fingerprint density at radius 2 is 1.88 bits per heavy atom. The number of methoxy groups -OCH3 is 1. The molecule has 0 aliphatic carbocycles.